The second-order valence-corrected chi connectivity index (χ2v) is 5.36. The van der Waals surface area contributed by atoms with Crippen LogP contribution in [0.2, 0.25) is 0 Å². The number of aromatic nitrogens is 1. The van der Waals surface area contributed by atoms with Crippen LogP contribution in [0.15, 0.2) is 42.7 Å². The van der Waals surface area contributed by atoms with Crippen LogP contribution in [0.1, 0.15) is 27.5 Å². The molecule has 2 rings (SSSR count). The van der Waals surface area contributed by atoms with E-state index in [0.29, 0.717) is 3.92 Å². The van der Waals surface area contributed by atoms with E-state index in [4.69, 9.17) is 4.74 Å². The van der Waals surface area contributed by atoms with Crippen molar-refractivity contribution in [1.29, 1.82) is 0 Å². The average molecular weight is 353 g/mol. The van der Waals surface area contributed by atoms with Crippen molar-refractivity contribution >= 4 is 22.6 Å². The van der Waals surface area contributed by atoms with Crippen LogP contribution in [-0.4, -0.2) is 12.1 Å². The molecular formula is C15H16INO. The Morgan fingerprint density at radius 1 is 1.28 bits per heavy atom. The van der Waals surface area contributed by atoms with Gasteiger partial charge >= 0.3 is 0 Å². The first-order valence-electron chi connectivity index (χ1n) is 5.96. The molecule has 1 heterocycles. The summed E-state index contributed by atoms with van der Waals surface area (Å²) in [6, 6.07) is 10.5. The number of ether oxygens (including phenoxy) is 1. The molecule has 18 heavy (non-hydrogen) atoms. The maximum atomic E-state index is 5.36. The van der Waals surface area contributed by atoms with E-state index in [1.165, 1.54) is 16.7 Å². The summed E-state index contributed by atoms with van der Waals surface area (Å²) >= 11 is 2.44. The molecule has 0 aliphatic heterocycles. The molecule has 1 unspecified atom stereocenters. The van der Waals surface area contributed by atoms with E-state index in [-0.39, 0.29) is 0 Å². The maximum Gasteiger partial charge on any atom is 0.119 e. The fraction of sp³-hybridized carbons (Fsp3) is 0.267. The normalized spacial score (nSPS) is 12.2. The fourth-order valence-corrected chi connectivity index (χ4v) is 2.60. The Balaban J connectivity index is 2.38. The molecule has 2 nitrogen and oxygen atoms in total. The Labute approximate surface area is 122 Å². The van der Waals surface area contributed by atoms with E-state index in [2.05, 4.69) is 58.8 Å². The van der Waals surface area contributed by atoms with Crippen molar-refractivity contribution in [3.05, 3.63) is 59.4 Å². The first kappa shape index (κ1) is 13.3. The standard InChI is InChI=1S/C15H16INO/c1-3-11-7-13(9-14(8-11)18-2)15(16)12-5-4-6-17-10-12/h4-10,15H,3H2,1-2H3. The van der Waals surface area contributed by atoms with E-state index in [1.807, 2.05) is 12.3 Å². The van der Waals surface area contributed by atoms with Gasteiger partial charge in [-0.1, -0.05) is 41.6 Å². The zero-order chi connectivity index (χ0) is 13.0. The number of hydrogen-bond donors (Lipinski definition) is 0. The highest BCUT2D eigenvalue weighted by Gasteiger charge is 2.12. The maximum absolute atomic E-state index is 5.36. The summed E-state index contributed by atoms with van der Waals surface area (Å²) in [6.45, 7) is 2.16. The molecule has 2 aromatic rings. The SMILES string of the molecule is CCc1cc(OC)cc(C(I)c2cccnc2)c1. The molecule has 3 heteroatoms. The summed E-state index contributed by atoms with van der Waals surface area (Å²) in [5.41, 5.74) is 3.78. The van der Waals surface area contributed by atoms with Gasteiger partial charge in [0, 0.05) is 12.4 Å². The monoisotopic (exact) mass is 353 g/mol. The number of nitrogens with zero attached hydrogens (tertiary/aromatic N) is 1. The van der Waals surface area contributed by atoms with Crippen molar-refractivity contribution in [1.82, 2.24) is 4.98 Å². The molecule has 94 valence electrons. The van der Waals surface area contributed by atoms with Crippen molar-refractivity contribution in [3.63, 3.8) is 0 Å². The molecule has 0 aliphatic carbocycles. The lowest BCUT2D eigenvalue weighted by molar-refractivity contribution is 0.414. The first-order valence-corrected chi connectivity index (χ1v) is 7.21. The Kier molecular flexibility index (Phi) is 4.58. The molecule has 0 aliphatic rings. The van der Waals surface area contributed by atoms with Crippen molar-refractivity contribution in [2.45, 2.75) is 17.3 Å². The highest BCUT2D eigenvalue weighted by atomic mass is 127. The molecular weight excluding hydrogens is 337 g/mol. The summed E-state index contributed by atoms with van der Waals surface area (Å²) in [5, 5.41) is 0. The summed E-state index contributed by atoms with van der Waals surface area (Å²) in [4.78, 5) is 4.18. The van der Waals surface area contributed by atoms with Gasteiger partial charge in [-0.2, -0.15) is 0 Å². The largest absolute Gasteiger partial charge is 0.497 e. The second kappa shape index (κ2) is 6.18. The minimum absolute atomic E-state index is 0.302. The zero-order valence-corrected chi connectivity index (χ0v) is 12.7. The molecule has 0 spiro atoms. The quantitative estimate of drug-likeness (QED) is 0.608. The Morgan fingerprint density at radius 2 is 2.11 bits per heavy atom. The summed E-state index contributed by atoms with van der Waals surface area (Å²) in [6.07, 6.45) is 4.73. The van der Waals surface area contributed by atoms with Gasteiger partial charge in [0.2, 0.25) is 0 Å². The number of rotatable bonds is 4. The summed E-state index contributed by atoms with van der Waals surface area (Å²) < 4.78 is 5.67. The summed E-state index contributed by atoms with van der Waals surface area (Å²) in [5.74, 6) is 0.926. The third-order valence-corrected chi connectivity index (χ3v) is 4.34. The van der Waals surface area contributed by atoms with Gasteiger partial charge in [0.1, 0.15) is 5.75 Å². The average Bonchev–Trinajstić information content (AvgIpc) is 2.46. The highest BCUT2D eigenvalue weighted by Crippen LogP contribution is 2.33. The fourth-order valence-electron chi connectivity index (χ4n) is 1.87. The molecule has 0 bridgehead atoms. The van der Waals surface area contributed by atoms with Gasteiger partial charge < -0.3 is 4.74 Å². The van der Waals surface area contributed by atoms with Crippen LogP contribution in [-0.2, 0) is 6.42 Å². The van der Waals surface area contributed by atoms with Gasteiger partial charge in [-0.05, 0) is 41.3 Å². The minimum atomic E-state index is 0.302. The van der Waals surface area contributed by atoms with Crippen LogP contribution in [0.25, 0.3) is 0 Å². The first-order chi connectivity index (χ1) is 8.74. The van der Waals surface area contributed by atoms with Crippen LogP contribution in [0.5, 0.6) is 5.75 Å². The molecule has 0 amide bonds. The van der Waals surface area contributed by atoms with Gasteiger partial charge in [0.25, 0.3) is 0 Å². The third-order valence-electron chi connectivity index (χ3n) is 2.90. The van der Waals surface area contributed by atoms with Crippen molar-refractivity contribution in [2.75, 3.05) is 7.11 Å². The van der Waals surface area contributed by atoms with Crippen LogP contribution >= 0.6 is 22.6 Å². The van der Waals surface area contributed by atoms with Crippen LogP contribution in [0.3, 0.4) is 0 Å². The predicted octanol–water partition coefficient (Wildman–Crippen LogP) is 4.18. The number of alkyl halides is 1. The Hall–Kier alpha value is -1.10. The molecule has 0 radical (unpaired) electrons. The highest BCUT2D eigenvalue weighted by molar-refractivity contribution is 14.1. The van der Waals surface area contributed by atoms with Crippen molar-refractivity contribution in [2.24, 2.45) is 0 Å². The number of hydrogen-bond acceptors (Lipinski definition) is 2. The molecule has 1 atom stereocenters. The smallest absolute Gasteiger partial charge is 0.119 e. The third kappa shape index (κ3) is 3.02. The van der Waals surface area contributed by atoms with Gasteiger partial charge in [-0.3, -0.25) is 4.98 Å². The van der Waals surface area contributed by atoms with E-state index in [1.54, 1.807) is 13.3 Å². The molecule has 0 saturated carbocycles. The number of halogens is 1. The van der Waals surface area contributed by atoms with Crippen LogP contribution in [0.4, 0.5) is 0 Å². The summed E-state index contributed by atoms with van der Waals surface area (Å²) in [7, 11) is 1.71. The lowest BCUT2D eigenvalue weighted by Gasteiger charge is -2.13. The lowest BCUT2D eigenvalue weighted by atomic mass is 10.0. The Morgan fingerprint density at radius 3 is 2.72 bits per heavy atom. The molecule has 1 aromatic carbocycles. The van der Waals surface area contributed by atoms with E-state index < -0.39 is 0 Å². The minimum Gasteiger partial charge on any atom is -0.497 e. The van der Waals surface area contributed by atoms with E-state index in [0.717, 1.165) is 12.2 Å². The number of methoxy groups -OCH3 is 1. The van der Waals surface area contributed by atoms with Gasteiger partial charge in [-0.15, -0.1) is 0 Å². The Bertz CT molecular complexity index is 491. The molecule has 0 N–H and O–H groups in total. The number of benzene rings is 1. The van der Waals surface area contributed by atoms with Crippen LogP contribution in [0, 0.1) is 0 Å². The number of aryl methyl sites for hydroxylation is 1. The van der Waals surface area contributed by atoms with Gasteiger partial charge in [0.15, 0.2) is 0 Å². The lowest BCUT2D eigenvalue weighted by Crippen LogP contribution is -1.96. The van der Waals surface area contributed by atoms with E-state index in [9.17, 15) is 0 Å². The van der Waals surface area contributed by atoms with Gasteiger partial charge in [0.05, 0.1) is 11.0 Å². The van der Waals surface area contributed by atoms with E-state index >= 15 is 0 Å². The van der Waals surface area contributed by atoms with Crippen LogP contribution < -0.4 is 4.74 Å². The molecule has 0 saturated heterocycles. The second-order valence-electron chi connectivity index (χ2n) is 4.12. The van der Waals surface area contributed by atoms with Gasteiger partial charge in [-0.25, -0.2) is 0 Å². The molecule has 1 aromatic heterocycles. The molecule has 0 fully saturated rings. The van der Waals surface area contributed by atoms with Crippen molar-refractivity contribution in [3.8, 4) is 5.75 Å². The zero-order valence-electron chi connectivity index (χ0n) is 10.6. The predicted molar refractivity (Wildman–Crippen MR) is 82.5 cm³/mol. The number of pyridine rings is 1. The topological polar surface area (TPSA) is 22.1 Å². The van der Waals surface area contributed by atoms with Crippen molar-refractivity contribution < 1.29 is 4.74 Å².